The van der Waals surface area contributed by atoms with Crippen molar-refractivity contribution in [1.29, 1.82) is 0 Å². The molecule has 0 unspecified atom stereocenters. The van der Waals surface area contributed by atoms with Crippen LogP contribution in [0, 0.1) is 6.92 Å². The number of carboxylic acid groups (broad SMARTS) is 1. The van der Waals surface area contributed by atoms with Crippen LogP contribution in [0.3, 0.4) is 0 Å². The maximum Gasteiger partial charge on any atom is 0.343 e. The summed E-state index contributed by atoms with van der Waals surface area (Å²) >= 11 is 0. The molecule has 0 amide bonds. The van der Waals surface area contributed by atoms with Crippen molar-refractivity contribution in [3.05, 3.63) is 41.1 Å². The minimum atomic E-state index is -1.04. The Morgan fingerprint density at radius 2 is 1.81 bits per heavy atom. The summed E-state index contributed by atoms with van der Waals surface area (Å²) in [4.78, 5) is 11.3. The summed E-state index contributed by atoms with van der Waals surface area (Å²) in [5.41, 5.74) is 1.78. The molecule has 0 aliphatic heterocycles. The Hall–Kier alpha value is -2.30. The van der Waals surface area contributed by atoms with E-state index in [0.29, 0.717) is 11.4 Å². The molecule has 0 aliphatic rings. The average Bonchev–Trinajstić information content (AvgIpc) is 2.63. The third kappa shape index (κ3) is 3.07. The highest BCUT2D eigenvalue weighted by molar-refractivity contribution is 5.91. The summed E-state index contributed by atoms with van der Waals surface area (Å²) in [6.07, 6.45) is 0. The topological polar surface area (TPSA) is 64.4 Å². The average molecular weight is 288 g/mol. The van der Waals surface area contributed by atoms with Crippen LogP contribution < -0.4 is 4.74 Å². The molecular formula is C16H20N2O3. The molecule has 0 aliphatic carbocycles. The molecule has 2 rings (SSSR count). The maximum atomic E-state index is 11.3. The first-order valence-corrected chi connectivity index (χ1v) is 6.75. The van der Waals surface area contributed by atoms with Crippen LogP contribution in [0.1, 0.15) is 42.4 Å². The second kappa shape index (κ2) is 5.24. The van der Waals surface area contributed by atoms with Crippen LogP contribution in [-0.4, -0.2) is 20.9 Å². The summed E-state index contributed by atoms with van der Waals surface area (Å²) in [6.45, 7) is 8.06. The number of ether oxygens (including phenoxy) is 1. The third-order valence-corrected chi connectivity index (χ3v) is 3.32. The molecule has 0 saturated heterocycles. The molecule has 112 valence electrons. The fraction of sp³-hybridized carbons (Fsp3) is 0.375. The van der Waals surface area contributed by atoms with Crippen LogP contribution in [0.5, 0.6) is 11.6 Å². The number of nitrogens with zero attached hydrogens (tertiary/aromatic N) is 2. The smallest absolute Gasteiger partial charge is 0.343 e. The second-order valence-electron chi connectivity index (χ2n) is 6.07. The highest BCUT2D eigenvalue weighted by Gasteiger charge is 2.22. The number of rotatable bonds is 3. The normalized spacial score (nSPS) is 11.5. The van der Waals surface area contributed by atoms with Gasteiger partial charge in [0.1, 0.15) is 11.3 Å². The van der Waals surface area contributed by atoms with Gasteiger partial charge in [-0.2, -0.15) is 5.10 Å². The quantitative estimate of drug-likeness (QED) is 0.938. The molecule has 0 fully saturated rings. The number of aromatic nitrogens is 2. The second-order valence-corrected chi connectivity index (χ2v) is 6.07. The van der Waals surface area contributed by atoms with Crippen LogP contribution in [0.15, 0.2) is 24.3 Å². The Morgan fingerprint density at radius 1 is 1.24 bits per heavy atom. The van der Waals surface area contributed by atoms with Crippen LogP contribution in [0.25, 0.3) is 0 Å². The van der Waals surface area contributed by atoms with Gasteiger partial charge in [-0.25, -0.2) is 9.48 Å². The van der Waals surface area contributed by atoms with E-state index in [-0.39, 0.29) is 16.9 Å². The first-order chi connectivity index (χ1) is 9.70. The summed E-state index contributed by atoms with van der Waals surface area (Å²) < 4.78 is 7.15. The van der Waals surface area contributed by atoms with E-state index in [1.807, 2.05) is 24.3 Å². The zero-order valence-corrected chi connectivity index (χ0v) is 13.0. The van der Waals surface area contributed by atoms with Gasteiger partial charge < -0.3 is 9.84 Å². The number of hydrogen-bond acceptors (Lipinski definition) is 3. The zero-order valence-electron chi connectivity index (χ0n) is 13.0. The van der Waals surface area contributed by atoms with Gasteiger partial charge >= 0.3 is 5.97 Å². The number of aromatic carboxylic acids is 1. The van der Waals surface area contributed by atoms with Crippen LogP contribution in [0.2, 0.25) is 0 Å². The molecule has 1 heterocycles. The minimum absolute atomic E-state index is 0.0634. The van der Waals surface area contributed by atoms with Crippen molar-refractivity contribution in [2.75, 3.05) is 0 Å². The third-order valence-electron chi connectivity index (χ3n) is 3.32. The molecule has 1 N–H and O–H groups in total. The molecule has 5 nitrogen and oxygen atoms in total. The van der Waals surface area contributed by atoms with Crippen molar-refractivity contribution in [3.63, 3.8) is 0 Å². The van der Waals surface area contributed by atoms with Gasteiger partial charge in [-0.05, 0) is 30.0 Å². The summed E-state index contributed by atoms with van der Waals surface area (Å²) in [7, 11) is 1.66. The molecule has 2 aromatic rings. The number of benzene rings is 1. The largest absolute Gasteiger partial charge is 0.477 e. The summed E-state index contributed by atoms with van der Waals surface area (Å²) in [5.74, 6) is -0.209. The lowest BCUT2D eigenvalue weighted by Gasteiger charge is -2.19. The molecule has 1 aromatic heterocycles. The maximum absolute atomic E-state index is 11.3. The number of carboxylic acids is 1. The van der Waals surface area contributed by atoms with Gasteiger partial charge in [-0.15, -0.1) is 0 Å². The Kier molecular flexibility index (Phi) is 3.77. The molecule has 5 heteroatoms. The Morgan fingerprint density at radius 3 is 2.29 bits per heavy atom. The fourth-order valence-electron chi connectivity index (χ4n) is 2.13. The first-order valence-electron chi connectivity index (χ1n) is 6.75. The summed E-state index contributed by atoms with van der Waals surface area (Å²) in [6, 6.07) is 7.65. The van der Waals surface area contributed by atoms with E-state index in [2.05, 4.69) is 25.9 Å². The van der Waals surface area contributed by atoms with Crippen LogP contribution in [-0.2, 0) is 12.5 Å². The van der Waals surface area contributed by atoms with Crippen molar-refractivity contribution >= 4 is 5.97 Å². The molecule has 21 heavy (non-hydrogen) atoms. The molecular weight excluding hydrogens is 268 g/mol. The highest BCUT2D eigenvalue weighted by Crippen LogP contribution is 2.29. The summed E-state index contributed by atoms with van der Waals surface area (Å²) in [5, 5.41) is 13.4. The number of aryl methyl sites for hydroxylation is 2. The minimum Gasteiger partial charge on any atom is -0.477 e. The molecule has 0 radical (unpaired) electrons. The highest BCUT2D eigenvalue weighted by atomic mass is 16.5. The molecule has 0 spiro atoms. The van der Waals surface area contributed by atoms with Gasteiger partial charge in [0.15, 0.2) is 0 Å². The molecule has 1 aromatic carbocycles. The van der Waals surface area contributed by atoms with Crippen molar-refractivity contribution in [2.24, 2.45) is 7.05 Å². The van der Waals surface area contributed by atoms with E-state index in [1.165, 1.54) is 10.2 Å². The van der Waals surface area contributed by atoms with Gasteiger partial charge in [0.05, 0.1) is 5.69 Å². The van der Waals surface area contributed by atoms with Gasteiger partial charge in [0, 0.05) is 7.05 Å². The van der Waals surface area contributed by atoms with E-state index in [9.17, 15) is 9.90 Å². The van der Waals surface area contributed by atoms with Gasteiger partial charge in [0.25, 0.3) is 0 Å². The first kappa shape index (κ1) is 15.1. The van der Waals surface area contributed by atoms with Gasteiger partial charge in [-0.3, -0.25) is 0 Å². The Bertz CT molecular complexity index is 664. The zero-order chi connectivity index (χ0) is 15.8. The predicted octanol–water partition coefficient (Wildman–Crippen LogP) is 3.52. The molecule has 0 bridgehead atoms. The SMILES string of the molecule is Cc1nn(C)c(Oc2ccc(C(C)(C)C)cc2)c1C(=O)O. The standard InChI is InChI=1S/C16H20N2O3/c1-10-13(15(19)20)14(18(5)17-10)21-12-8-6-11(7-9-12)16(2,3)4/h6-9H,1-5H3,(H,19,20). The van der Waals surface area contributed by atoms with E-state index in [1.54, 1.807) is 14.0 Å². The van der Waals surface area contributed by atoms with Crippen LogP contribution in [0.4, 0.5) is 0 Å². The van der Waals surface area contributed by atoms with E-state index in [4.69, 9.17) is 4.74 Å². The van der Waals surface area contributed by atoms with E-state index in [0.717, 1.165) is 0 Å². The Balaban J connectivity index is 2.33. The molecule has 0 saturated carbocycles. The monoisotopic (exact) mass is 288 g/mol. The van der Waals surface area contributed by atoms with Gasteiger partial charge in [-0.1, -0.05) is 32.9 Å². The predicted molar refractivity (Wildman–Crippen MR) is 80.1 cm³/mol. The fourth-order valence-corrected chi connectivity index (χ4v) is 2.13. The van der Waals surface area contributed by atoms with Crippen molar-refractivity contribution in [1.82, 2.24) is 9.78 Å². The Labute approximate surface area is 124 Å². The lowest BCUT2D eigenvalue weighted by molar-refractivity contribution is 0.0693. The van der Waals surface area contributed by atoms with Crippen molar-refractivity contribution < 1.29 is 14.6 Å². The van der Waals surface area contributed by atoms with Crippen molar-refractivity contribution in [2.45, 2.75) is 33.1 Å². The van der Waals surface area contributed by atoms with Crippen molar-refractivity contribution in [3.8, 4) is 11.6 Å². The number of hydrogen-bond donors (Lipinski definition) is 1. The van der Waals surface area contributed by atoms with Gasteiger partial charge in [0.2, 0.25) is 5.88 Å². The molecule has 0 atom stereocenters. The lowest BCUT2D eigenvalue weighted by Crippen LogP contribution is -2.10. The van der Waals surface area contributed by atoms with E-state index < -0.39 is 5.97 Å². The number of carbonyl (C=O) groups is 1. The van der Waals surface area contributed by atoms with E-state index >= 15 is 0 Å². The van der Waals surface area contributed by atoms with Crippen LogP contribution >= 0.6 is 0 Å². The lowest BCUT2D eigenvalue weighted by atomic mass is 9.87.